The Morgan fingerprint density at radius 2 is 1.33 bits per heavy atom. The molecule has 0 spiro atoms. The predicted molar refractivity (Wildman–Crippen MR) is 114 cm³/mol. The van der Waals surface area contributed by atoms with Gasteiger partial charge in [0.15, 0.2) is 0 Å². The van der Waals surface area contributed by atoms with Crippen molar-refractivity contribution in [2.24, 2.45) is 0 Å². The third kappa shape index (κ3) is 18.7. The van der Waals surface area contributed by atoms with Gasteiger partial charge in [-0.1, -0.05) is 69.1 Å². The molecule has 0 fully saturated rings. The molecule has 27 heavy (non-hydrogen) atoms. The maximum absolute atomic E-state index is 11.5. The number of hydrogen-bond acceptors (Lipinski definition) is 2. The molecule has 1 atom stereocenters. The molecule has 0 aromatic rings. The molecular weight excluding hydrogens is 338 g/mol. The Morgan fingerprint density at radius 1 is 0.815 bits per heavy atom. The number of carbonyl (C=O) groups excluding carboxylic acids is 1. The Balaban J connectivity index is 3.44. The van der Waals surface area contributed by atoms with Gasteiger partial charge in [-0.3, -0.25) is 9.59 Å². The number of carbonyl (C=O) groups is 2. The predicted octanol–water partition coefficient (Wildman–Crippen LogP) is 5.95. The summed E-state index contributed by atoms with van der Waals surface area (Å²) in [6.07, 6.45) is 26.1. The molecule has 0 unspecified atom stereocenters. The van der Waals surface area contributed by atoms with Crippen LogP contribution in [0.15, 0.2) is 36.5 Å². The van der Waals surface area contributed by atoms with Gasteiger partial charge in [0.1, 0.15) is 6.04 Å². The Bertz CT molecular complexity index is 466. The first-order valence-corrected chi connectivity index (χ1v) is 10.5. The van der Waals surface area contributed by atoms with E-state index in [1.54, 1.807) is 0 Å². The van der Waals surface area contributed by atoms with Gasteiger partial charge >= 0.3 is 5.97 Å². The van der Waals surface area contributed by atoms with Crippen molar-refractivity contribution in [3.63, 3.8) is 0 Å². The van der Waals surface area contributed by atoms with Crippen LogP contribution < -0.4 is 5.32 Å². The van der Waals surface area contributed by atoms with Gasteiger partial charge in [-0.05, 0) is 51.9 Å². The molecule has 0 bridgehead atoms. The molecule has 4 heteroatoms. The van der Waals surface area contributed by atoms with Crippen LogP contribution in [0.3, 0.4) is 0 Å². The van der Waals surface area contributed by atoms with Gasteiger partial charge in [0, 0.05) is 6.42 Å². The summed E-state index contributed by atoms with van der Waals surface area (Å²) in [5, 5.41) is 11.2. The van der Waals surface area contributed by atoms with Crippen LogP contribution in [0.25, 0.3) is 0 Å². The van der Waals surface area contributed by atoms with Crippen LogP contribution in [0.1, 0.15) is 90.9 Å². The monoisotopic (exact) mass is 377 g/mol. The molecule has 2 N–H and O–H groups in total. The largest absolute Gasteiger partial charge is 0.480 e. The molecule has 0 radical (unpaired) electrons. The summed E-state index contributed by atoms with van der Waals surface area (Å²) in [7, 11) is 0. The minimum Gasteiger partial charge on any atom is -0.480 e. The van der Waals surface area contributed by atoms with E-state index in [1.165, 1.54) is 32.6 Å². The van der Waals surface area contributed by atoms with E-state index < -0.39 is 12.0 Å². The quantitative estimate of drug-likeness (QED) is 0.243. The van der Waals surface area contributed by atoms with Gasteiger partial charge in [0.25, 0.3) is 0 Å². The number of unbranched alkanes of at least 4 members (excludes halogenated alkanes) is 7. The SMILES string of the molecule is CCCCC/C=C\C/C=C\C/C=C\CCCCCCC(=O)N[C@@H](C)C(=O)O. The standard InChI is InChI=1S/C23H39NO3/c1-3-4-5-6-7-8-9-10-11-12-13-14-15-16-17-18-19-20-22(25)24-21(2)23(26)27/h7-8,10-11,13-14,21H,3-6,9,12,15-20H2,1-2H3,(H,24,25)(H,26,27)/b8-7-,11-10-,14-13-/t21-/m0/s1. The molecular formula is C23H39NO3. The average Bonchev–Trinajstić information content (AvgIpc) is 2.64. The summed E-state index contributed by atoms with van der Waals surface area (Å²) in [6.45, 7) is 3.71. The maximum Gasteiger partial charge on any atom is 0.325 e. The van der Waals surface area contributed by atoms with E-state index in [4.69, 9.17) is 5.11 Å². The van der Waals surface area contributed by atoms with Gasteiger partial charge in [-0.15, -0.1) is 0 Å². The fourth-order valence-electron chi connectivity index (χ4n) is 2.57. The lowest BCUT2D eigenvalue weighted by molar-refractivity contribution is -0.141. The number of nitrogens with one attached hydrogen (secondary N) is 1. The fraction of sp³-hybridized carbons (Fsp3) is 0.652. The van der Waals surface area contributed by atoms with Crippen molar-refractivity contribution in [1.29, 1.82) is 0 Å². The zero-order valence-electron chi connectivity index (χ0n) is 17.3. The first kappa shape index (κ1) is 25.2. The van der Waals surface area contributed by atoms with Crippen LogP contribution in [-0.4, -0.2) is 23.0 Å². The smallest absolute Gasteiger partial charge is 0.325 e. The molecule has 0 rings (SSSR count). The number of carboxylic acid groups (broad SMARTS) is 1. The van der Waals surface area contributed by atoms with Gasteiger partial charge < -0.3 is 10.4 Å². The molecule has 0 aliphatic rings. The third-order valence-electron chi connectivity index (χ3n) is 4.29. The van der Waals surface area contributed by atoms with Gasteiger partial charge in [0.05, 0.1) is 0 Å². The highest BCUT2D eigenvalue weighted by molar-refractivity contribution is 5.83. The molecule has 4 nitrogen and oxygen atoms in total. The summed E-state index contributed by atoms with van der Waals surface area (Å²) in [4.78, 5) is 22.2. The molecule has 0 aromatic heterocycles. The molecule has 154 valence electrons. The Hall–Kier alpha value is -1.84. The Labute approximate surface area is 165 Å². The lowest BCUT2D eigenvalue weighted by Crippen LogP contribution is -2.38. The van der Waals surface area contributed by atoms with E-state index in [0.717, 1.165) is 44.9 Å². The van der Waals surface area contributed by atoms with Crippen LogP contribution in [0.2, 0.25) is 0 Å². The van der Waals surface area contributed by atoms with Gasteiger partial charge in [-0.2, -0.15) is 0 Å². The second-order valence-corrected chi connectivity index (χ2v) is 6.96. The van der Waals surface area contributed by atoms with Crippen molar-refractivity contribution in [3.8, 4) is 0 Å². The fourth-order valence-corrected chi connectivity index (χ4v) is 2.57. The molecule has 0 saturated heterocycles. The zero-order valence-corrected chi connectivity index (χ0v) is 17.3. The van der Waals surface area contributed by atoms with Crippen molar-refractivity contribution in [2.75, 3.05) is 0 Å². The van der Waals surface area contributed by atoms with Crippen molar-refractivity contribution >= 4 is 11.9 Å². The van der Waals surface area contributed by atoms with E-state index in [1.807, 2.05) is 0 Å². The molecule has 0 aliphatic heterocycles. The number of amides is 1. The maximum atomic E-state index is 11.5. The molecule has 0 heterocycles. The van der Waals surface area contributed by atoms with Crippen molar-refractivity contribution in [1.82, 2.24) is 5.32 Å². The van der Waals surface area contributed by atoms with Gasteiger partial charge in [0.2, 0.25) is 5.91 Å². The van der Waals surface area contributed by atoms with Crippen molar-refractivity contribution < 1.29 is 14.7 Å². The summed E-state index contributed by atoms with van der Waals surface area (Å²) in [5.74, 6) is -1.17. The van der Waals surface area contributed by atoms with E-state index >= 15 is 0 Å². The summed E-state index contributed by atoms with van der Waals surface area (Å²) >= 11 is 0. The van der Waals surface area contributed by atoms with E-state index in [-0.39, 0.29) is 5.91 Å². The summed E-state index contributed by atoms with van der Waals surface area (Å²) in [5.41, 5.74) is 0. The Kier molecular flexibility index (Phi) is 17.6. The number of hydrogen-bond donors (Lipinski definition) is 2. The topological polar surface area (TPSA) is 66.4 Å². The minimum absolute atomic E-state index is 0.174. The number of aliphatic carboxylic acids is 1. The second-order valence-electron chi connectivity index (χ2n) is 6.96. The summed E-state index contributed by atoms with van der Waals surface area (Å²) in [6, 6.07) is -0.807. The highest BCUT2D eigenvalue weighted by atomic mass is 16.4. The lowest BCUT2D eigenvalue weighted by Gasteiger charge is -2.08. The van der Waals surface area contributed by atoms with E-state index in [2.05, 4.69) is 48.7 Å². The van der Waals surface area contributed by atoms with Gasteiger partial charge in [-0.25, -0.2) is 0 Å². The first-order chi connectivity index (χ1) is 13.1. The molecule has 0 aromatic carbocycles. The molecule has 0 saturated carbocycles. The van der Waals surface area contributed by atoms with Crippen LogP contribution in [0.4, 0.5) is 0 Å². The molecule has 1 amide bonds. The highest BCUT2D eigenvalue weighted by Gasteiger charge is 2.12. The van der Waals surface area contributed by atoms with Crippen molar-refractivity contribution in [3.05, 3.63) is 36.5 Å². The minimum atomic E-state index is -0.996. The van der Waals surface area contributed by atoms with Crippen LogP contribution in [0, 0.1) is 0 Å². The van der Waals surface area contributed by atoms with E-state index in [9.17, 15) is 9.59 Å². The highest BCUT2D eigenvalue weighted by Crippen LogP contribution is 2.06. The van der Waals surface area contributed by atoms with Crippen molar-refractivity contribution in [2.45, 2.75) is 96.9 Å². The lowest BCUT2D eigenvalue weighted by atomic mass is 10.1. The third-order valence-corrected chi connectivity index (χ3v) is 4.29. The van der Waals surface area contributed by atoms with Crippen LogP contribution >= 0.6 is 0 Å². The van der Waals surface area contributed by atoms with Crippen LogP contribution in [0.5, 0.6) is 0 Å². The van der Waals surface area contributed by atoms with E-state index in [0.29, 0.717) is 6.42 Å². The average molecular weight is 378 g/mol. The Morgan fingerprint density at radius 3 is 1.89 bits per heavy atom. The zero-order chi connectivity index (χ0) is 20.2. The molecule has 0 aliphatic carbocycles. The first-order valence-electron chi connectivity index (χ1n) is 10.5. The number of rotatable bonds is 17. The number of allylic oxidation sites excluding steroid dienone is 6. The van der Waals surface area contributed by atoms with Crippen LogP contribution in [-0.2, 0) is 9.59 Å². The normalized spacial score (nSPS) is 13.0. The summed E-state index contributed by atoms with van der Waals surface area (Å²) < 4.78 is 0. The number of carboxylic acids is 1. The second kappa shape index (κ2) is 18.9.